The van der Waals surface area contributed by atoms with Crippen molar-refractivity contribution in [2.24, 2.45) is 0 Å². The summed E-state index contributed by atoms with van der Waals surface area (Å²) in [4.78, 5) is 29.8. The van der Waals surface area contributed by atoms with Crippen LogP contribution in [0.15, 0.2) is 133 Å². The van der Waals surface area contributed by atoms with Gasteiger partial charge in [-0.25, -0.2) is 4.39 Å². The summed E-state index contributed by atoms with van der Waals surface area (Å²) in [5.41, 5.74) is 3.95. The Balaban J connectivity index is 0.000000258. The van der Waals surface area contributed by atoms with E-state index in [4.69, 9.17) is 34.8 Å². The zero-order valence-corrected chi connectivity index (χ0v) is 41.4. The number of amides is 2. The number of carbonyl (C=O) groups excluding carboxylic acids is 2. The predicted octanol–water partition coefficient (Wildman–Crippen LogP) is 16.3. The van der Waals surface area contributed by atoms with E-state index >= 15 is 0 Å². The second-order valence-corrected chi connectivity index (χ2v) is 20.1. The lowest BCUT2D eigenvalue weighted by Crippen LogP contribution is -2.32. The van der Waals surface area contributed by atoms with E-state index in [-0.39, 0.29) is 56.5 Å². The Morgan fingerprint density at radius 3 is 1.41 bits per heavy atom. The third-order valence-corrected chi connectivity index (χ3v) is 12.1. The van der Waals surface area contributed by atoms with Crippen molar-refractivity contribution >= 4 is 46.6 Å². The molecule has 4 nitrogen and oxygen atoms in total. The third kappa shape index (κ3) is 16.1. The molecule has 0 N–H and O–H groups in total. The number of rotatable bonds is 13. The monoisotopic (exact) mass is 1010 g/mol. The zero-order valence-electron chi connectivity index (χ0n) is 39.1. The van der Waals surface area contributed by atoms with Crippen LogP contribution in [-0.4, -0.2) is 34.7 Å². The highest BCUT2D eigenvalue weighted by atomic mass is 35.5. The van der Waals surface area contributed by atoms with E-state index < -0.39 is 41.1 Å². The Kier molecular flexibility index (Phi) is 18.2. The SMILES string of the molecule is CC(C)(C)c1ccc(CN(CCCc2ccccc2)C(=O)c2cc(Cl)cc(C(F)(F)F)c2)cc1.CC(C)(C)c1ccc(CN(CCc2cccc(C(F)(F)F)c2)C(=O)c2cc(Cl)c(F)c(Cl)c2)cc1. The van der Waals surface area contributed by atoms with Crippen LogP contribution in [-0.2, 0) is 49.1 Å². The van der Waals surface area contributed by atoms with Gasteiger partial charge in [-0.2, -0.15) is 26.3 Å². The van der Waals surface area contributed by atoms with Crippen LogP contribution in [0.3, 0.4) is 0 Å². The Hall–Kier alpha value is -5.36. The van der Waals surface area contributed by atoms with Crippen LogP contribution >= 0.6 is 34.8 Å². The first-order chi connectivity index (χ1) is 32.2. The molecule has 0 unspecified atom stereocenters. The van der Waals surface area contributed by atoms with Gasteiger partial charge in [-0.3, -0.25) is 9.59 Å². The molecule has 0 bridgehead atoms. The molecule has 6 aromatic rings. The van der Waals surface area contributed by atoms with Crippen LogP contribution in [0.2, 0.25) is 15.1 Å². The van der Waals surface area contributed by atoms with Crippen molar-refractivity contribution in [2.75, 3.05) is 13.1 Å². The summed E-state index contributed by atoms with van der Waals surface area (Å²) in [6.45, 7) is 13.7. The maximum absolute atomic E-state index is 13.9. The molecule has 0 aliphatic heterocycles. The summed E-state index contributed by atoms with van der Waals surface area (Å²) in [6.07, 6.45) is -7.40. The number of carbonyl (C=O) groups is 2. The molecule has 69 heavy (non-hydrogen) atoms. The van der Waals surface area contributed by atoms with Crippen molar-refractivity contribution in [1.82, 2.24) is 9.80 Å². The molecule has 0 fully saturated rings. The van der Waals surface area contributed by atoms with Crippen LogP contribution < -0.4 is 0 Å². The molecule has 0 radical (unpaired) electrons. The maximum Gasteiger partial charge on any atom is 0.416 e. The number of nitrogens with zero attached hydrogens (tertiary/aromatic N) is 2. The fourth-order valence-corrected chi connectivity index (χ4v) is 8.09. The lowest BCUT2D eigenvalue weighted by Gasteiger charge is -2.25. The van der Waals surface area contributed by atoms with E-state index in [2.05, 4.69) is 41.5 Å². The van der Waals surface area contributed by atoms with Gasteiger partial charge in [0.1, 0.15) is 0 Å². The summed E-state index contributed by atoms with van der Waals surface area (Å²) in [5, 5.41) is -0.682. The largest absolute Gasteiger partial charge is 0.416 e. The molecule has 0 heterocycles. The first kappa shape index (κ1) is 54.6. The average Bonchev–Trinajstić information content (AvgIpc) is 3.28. The molecule has 6 rings (SSSR count). The van der Waals surface area contributed by atoms with Gasteiger partial charge in [0, 0.05) is 42.3 Å². The van der Waals surface area contributed by atoms with Crippen LogP contribution in [0, 0.1) is 5.82 Å². The van der Waals surface area contributed by atoms with Crippen molar-refractivity contribution in [3.05, 3.63) is 210 Å². The molecule has 0 saturated carbocycles. The average molecular weight is 1010 g/mol. The quantitative estimate of drug-likeness (QED) is 0.0854. The van der Waals surface area contributed by atoms with E-state index in [1.54, 1.807) is 11.0 Å². The normalized spacial score (nSPS) is 12.0. The van der Waals surface area contributed by atoms with Crippen LogP contribution in [0.5, 0.6) is 0 Å². The van der Waals surface area contributed by atoms with Gasteiger partial charge < -0.3 is 9.80 Å². The van der Waals surface area contributed by atoms with Crippen LogP contribution in [0.1, 0.15) is 113 Å². The van der Waals surface area contributed by atoms with Crippen molar-refractivity contribution in [1.29, 1.82) is 0 Å². The first-order valence-electron chi connectivity index (χ1n) is 22.2. The number of halogens is 10. The van der Waals surface area contributed by atoms with Crippen LogP contribution in [0.4, 0.5) is 30.7 Å². The highest BCUT2D eigenvalue weighted by molar-refractivity contribution is 6.35. The van der Waals surface area contributed by atoms with Crippen molar-refractivity contribution in [3.8, 4) is 0 Å². The minimum absolute atomic E-state index is 0.00148. The molecule has 0 atom stereocenters. The minimum atomic E-state index is -4.58. The molecule has 14 heteroatoms. The first-order valence-corrected chi connectivity index (χ1v) is 23.3. The second-order valence-electron chi connectivity index (χ2n) is 18.9. The van der Waals surface area contributed by atoms with Crippen molar-refractivity contribution in [2.45, 2.75) is 97.1 Å². The van der Waals surface area contributed by atoms with Gasteiger partial charge in [-0.05, 0) is 99.9 Å². The summed E-state index contributed by atoms with van der Waals surface area (Å²) in [5.74, 6) is -1.75. The lowest BCUT2D eigenvalue weighted by molar-refractivity contribution is -0.138. The topological polar surface area (TPSA) is 40.6 Å². The van der Waals surface area contributed by atoms with E-state index in [0.717, 1.165) is 52.9 Å². The molecule has 366 valence electrons. The molecule has 0 aromatic heterocycles. The van der Waals surface area contributed by atoms with Crippen LogP contribution in [0.25, 0.3) is 0 Å². The Morgan fingerprint density at radius 1 is 0.464 bits per heavy atom. The van der Waals surface area contributed by atoms with Crippen molar-refractivity contribution < 1.29 is 40.3 Å². The highest BCUT2D eigenvalue weighted by Gasteiger charge is 2.33. The highest BCUT2D eigenvalue weighted by Crippen LogP contribution is 2.34. The molecule has 0 spiro atoms. The third-order valence-electron chi connectivity index (χ3n) is 11.3. The minimum Gasteiger partial charge on any atom is -0.334 e. The van der Waals surface area contributed by atoms with Gasteiger partial charge in [0.25, 0.3) is 11.8 Å². The van der Waals surface area contributed by atoms with E-state index in [9.17, 15) is 40.3 Å². The van der Waals surface area contributed by atoms with Gasteiger partial charge in [0.05, 0.1) is 21.2 Å². The second kappa shape index (κ2) is 23.0. The summed E-state index contributed by atoms with van der Waals surface area (Å²) in [7, 11) is 0. The number of hydrogen-bond donors (Lipinski definition) is 0. The molecule has 0 aliphatic rings. The number of hydrogen-bond acceptors (Lipinski definition) is 2. The predicted molar refractivity (Wildman–Crippen MR) is 263 cm³/mol. The maximum atomic E-state index is 13.9. The zero-order chi connectivity index (χ0) is 50.9. The molecule has 6 aromatic carbocycles. The standard InChI is InChI=1S/C28H29ClF3NO.C27H25Cl2F4NO/c1-27(2,3)23-13-11-21(12-14-23)19-33(15-7-10-20-8-5-4-6-9-20)26(34)22-16-24(28(30,31)32)18-25(29)17-22;1-26(2,3)20-9-7-18(8-10-20)16-34(25(35)19-14-22(28)24(30)23(29)15-19)12-11-17-5-4-6-21(13-17)27(31,32)33/h4-6,8-9,11-14,16-18H,7,10,15,19H2,1-3H3;4-10,13-15H,11-12,16H2,1-3H3. The molecule has 2 amide bonds. The Bertz CT molecular complexity index is 2650. The molecule has 0 saturated heterocycles. The summed E-state index contributed by atoms with van der Waals surface area (Å²) >= 11 is 17.7. The molecule has 0 aliphatic carbocycles. The number of aryl methyl sites for hydroxylation is 1. The Labute approximate surface area is 415 Å². The number of benzene rings is 6. The van der Waals surface area contributed by atoms with Gasteiger partial charge in [-0.15, -0.1) is 0 Å². The van der Waals surface area contributed by atoms with E-state index in [0.29, 0.717) is 25.1 Å². The Morgan fingerprint density at radius 2 is 0.928 bits per heavy atom. The fourth-order valence-electron chi connectivity index (χ4n) is 7.37. The van der Waals surface area contributed by atoms with Gasteiger partial charge >= 0.3 is 12.4 Å². The van der Waals surface area contributed by atoms with E-state index in [1.807, 2.05) is 78.9 Å². The summed E-state index contributed by atoms with van der Waals surface area (Å²) in [6, 6.07) is 36.1. The van der Waals surface area contributed by atoms with Crippen molar-refractivity contribution in [3.63, 3.8) is 0 Å². The lowest BCUT2D eigenvalue weighted by atomic mass is 9.86. The van der Waals surface area contributed by atoms with E-state index in [1.165, 1.54) is 34.7 Å². The smallest absolute Gasteiger partial charge is 0.334 e. The van der Waals surface area contributed by atoms with Gasteiger partial charge in [0.2, 0.25) is 0 Å². The molecular weight excluding hydrogens is 960 g/mol. The fraction of sp³-hybridized carbons (Fsp3) is 0.309. The molecular formula is C55H54Cl3F7N2O2. The van der Waals surface area contributed by atoms with Gasteiger partial charge in [-0.1, -0.05) is 173 Å². The van der Waals surface area contributed by atoms with Gasteiger partial charge in [0.15, 0.2) is 5.82 Å². The summed E-state index contributed by atoms with van der Waals surface area (Å²) < 4.78 is 93.1. The number of alkyl halides is 6.